The summed E-state index contributed by atoms with van der Waals surface area (Å²) in [6.45, 7) is 5.93. The van der Waals surface area contributed by atoms with Crippen molar-refractivity contribution in [3.8, 4) is 34.4 Å². The van der Waals surface area contributed by atoms with Crippen LogP contribution in [0.4, 0.5) is 4.39 Å². The number of nitriles is 1. The molecular weight excluding hydrogens is 740 g/mol. The molecule has 12 heteroatoms. The normalized spacial score (nSPS) is 19.1. The van der Waals surface area contributed by atoms with Crippen LogP contribution in [0.2, 0.25) is 10.0 Å². The number of amides is 1. The van der Waals surface area contributed by atoms with Gasteiger partial charge >= 0.3 is 0 Å². The van der Waals surface area contributed by atoms with Gasteiger partial charge in [0.15, 0.2) is 0 Å². The molecule has 2 atom stereocenters. The van der Waals surface area contributed by atoms with Gasteiger partial charge in [-0.15, -0.1) is 0 Å². The zero-order valence-corrected chi connectivity index (χ0v) is 32.5. The number of hydrogen-bond acceptors (Lipinski definition) is 8. The number of hydrogen-bond donors (Lipinski definition) is 2. The molecule has 1 aromatic heterocycles. The van der Waals surface area contributed by atoms with Crippen molar-refractivity contribution >= 4 is 29.1 Å². The molecule has 3 heterocycles. The topological polar surface area (TPSA) is 109 Å². The van der Waals surface area contributed by atoms with Gasteiger partial charge in [0.1, 0.15) is 41.7 Å². The van der Waals surface area contributed by atoms with E-state index in [-0.39, 0.29) is 24.7 Å². The first-order valence-electron chi connectivity index (χ1n) is 19.1. The minimum atomic E-state index is -1.05. The maximum Gasteiger partial charge on any atom is 0.220 e. The number of halogens is 3. The Morgan fingerprint density at radius 1 is 1.02 bits per heavy atom. The highest BCUT2D eigenvalue weighted by Gasteiger charge is 2.30. The van der Waals surface area contributed by atoms with E-state index in [1.807, 2.05) is 36.4 Å². The third-order valence-corrected chi connectivity index (χ3v) is 11.4. The molecule has 2 fully saturated rings. The number of pyridine rings is 1. The van der Waals surface area contributed by atoms with Crippen LogP contribution in [0.5, 0.6) is 17.2 Å². The molecular formula is C43H46Cl2FN5O4. The van der Waals surface area contributed by atoms with Crippen molar-refractivity contribution in [3.63, 3.8) is 0 Å². The predicted octanol–water partition coefficient (Wildman–Crippen LogP) is 8.53. The van der Waals surface area contributed by atoms with Gasteiger partial charge < -0.3 is 29.7 Å². The van der Waals surface area contributed by atoms with E-state index in [0.717, 1.165) is 73.1 Å². The molecule has 0 unspecified atom stereocenters. The fourth-order valence-corrected chi connectivity index (χ4v) is 8.14. The summed E-state index contributed by atoms with van der Waals surface area (Å²) in [6.07, 6.45) is 7.83. The van der Waals surface area contributed by atoms with Gasteiger partial charge in [-0.3, -0.25) is 9.78 Å². The molecule has 9 nitrogen and oxygen atoms in total. The van der Waals surface area contributed by atoms with E-state index in [1.54, 1.807) is 19.2 Å². The number of rotatable bonds is 15. The zero-order chi connectivity index (χ0) is 38.4. The lowest BCUT2D eigenvalue weighted by Gasteiger charge is -2.34. The third-order valence-electron chi connectivity index (χ3n) is 10.7. The van der Waals surface area contributed by atoms with Gasteiger partial charge in [0.2, 0.25) is 5.91 Å². The number of nitrogens with zero attached hydrogens (tertiary/aromatic N) is 3. The smallest absolute Gasteiger partial charge is 0.220 e. The molecule has 0 bridgehead atoms. The number of nitrogens with one attached hydrogen (secondary N) is 2. The Kier molecular flexibility index (Phi) is 12.4. The second-order valence-corrected chi connectivity index (χ2v) is 15.7. The summed E-state index contributed by atoms with van der Waals surface area (Å²) >= 11 is 13.9. The first-order chi connectivity index (χ1) is 26.7. The standard InChI is InChI=1S/C43H46Cl2FN5O4/c1-43(46)13-16-51(17-14-43)15-4-18-53-38-8-3-7-35(42(38)45)32-5-2-6-34-33(32)10-11-37(34)55-40-21-39(54-27-29-19-28(22-47)23-48-24-29)30(20-36(40)44)25-49-26-31-9-12-41(52)50-31/h2-3,5-8,19-21,23-24,31,37,49H,4,9-18,25-27H2,1H3,(H,50,52)/t31-,37-/m0/s1. The number of carbonyl (C=O) groups excluding carboxylic acids is 1. The molecule has 1 aliphatic carbocycles. The summed E-state index contributed by atoms with van der Waals surface area (Å²) in [6, 6.07) is 19.8. The Bertz CT molecular complexity index is 2050. The number of alkyl halides is 1. The average molecular weight is 787 g/mol. The van der Waals surface area contributed by atoms with E-state index >= 15 is 0 Å². The van der Waals surface area contributed by atoms with Gasteiger partial charge in [-0.25, -0.2) is 4.39 Å². The Balaban J connectivity index is 1.04. The fourth-order valence-electron chi connectivity index (χ4n) is 7.63. The third kappa shape index (κ3) is 9.71. The van der Waals surface area contributed by atoms with E-state index < -0.39 is 5.67 Å². The SMILES string of the molecule is CC1(F)CCN(CCCOc2cccc(-c3cccc4c3CC[C@@H]4Oc3cc(OCc4cncc(C#N)c4)c(CNC[C@@H]4CCC(=O)N4)cc3Cl)c2Cl)CC1. The van der Waals surface area contributed by atoms with Crippen molar-refractivity contribution in [2.24, 2.45) is 0 Å². The quantitative estimate of drug-likeness (QED) is 0.116. The van der Waals surface area contributed by atoms with Crippen molar-refractivity contribution in [1.29, 1.82) is 5.26 Å². The Morgan fingerprint density at radius 2 is 1.84 bits per heavy atom. The first kappa shape index (κ1) is 38.9. The second-order valence-electron chi connectivity index (χ2n) is 14.9. The Hall–Kier alpha value is -4.40. The molecule has 288 valence electrons. The van der Waals surface area contributed by atoms with E-state index in [2.05, 4.69) is 38.7 Å². The summed E-state index contributed by atoms with van der Waals surface area (Å²) < 4.78 is 33.4. The first-order valence-corrected chi connectivity index (χ1v) is 19.8. The molecule has 2 N–H and O–H groups in total. The van der Waals surface area contributed by atoms with Crippen molar-refractivity contribution in [2.75, 3.05) is 32.8 Å². The lowest BCUT2D eigenvalue weighted by molar-refractivity contribution is -0.119. The molecule has 3 aliphatic rings. The van der Waals surface area contributed by atoms with Crippen LogP contribution < -0.4 is 24.8 Å². The average Bonchev–Trinajstić information content (AvgIpc) is 3.80. The van der Waals surface area contributed by atoms with E-state index in [9.17, 15) is 14.4 Å². The van der Waals surface area contributed by atoms with Crippen LogP contribution in [-0.2, 0) is 24.4 Å². The summed E-state index contributed by atoms with van der Waals surface area (Å²) in [7, 11) is 0. The summed E-state index contributed by atoms with van der Waals surface area (Å²) in [5.41, 5.74) is 5.22. The lowest BCUT2D eigenvalue weighted by atomic mass is 9.96. The molecule has 2 aliphatic heterocycles. The number of fused-ring (bicyclic) bond motifs is 1. The van der Waals surface area contributed by atoms with Crippen molar-refractivity contribution < 1.29 is 23.4 Å². The van der Waals surface area contributed by atoms with Crippen LogP contribution in [-0.4, -0.2) is 60.3 Å². The van der Waals surface area contributed by atoms with Crippen LogP contribution >= 0.6 is 23.2 Å². The second kappa shape index (κ2) is 17.6. The van der Waals surface area contributed by atoms with Crippen LogP contribution in [0.1, 0.15) is 79.4 Å². The fraction of sp³-hybridized carbons (Fsp3) is 0.419. The molecule has 0 saturated carbocycles. The van der Waals surface area contributed by atoms with Crippen LogP contribution in [0.15, 0.2) is 67.0 Å². The maximum absolute atomic E-state index is 14.2. The van der Waals surface area contributed by atoms with E-state index in [4.69, 9.17) is 37.4 Å². The summed E-state index contributed by atoms with van der Waals surface area (Å²) in [5, 5.41) is 16.8. The minimum absolute atomic E-state index is 0.0733. The summed E-state index contributed by atoms with van der Waals surface area (Å²) in [5.74, 6) is 1.82. The minimum Gasteiger partial charge on any atom is -0.492 e. The van der Waals surface area contributed by atoms with Crippen LogP contribution in [0.25, 0.3) is 11.1 Å². The highest BCUT2D eigenvalue weighted by Crippen LogP contribution is 2.45. The van der Waals surface area contributed by atoms with Gasteiger partial charge in [-0.1, -0.05) is 53.5 Å². The number of likely N-dealkylation sites (tertiary alicyclic amines) is 1. The maximum atomic E-state index is 14.2. The molecule has 3 aromatic carbocycles. The van der Waals surface area contributed by atoms with Crippen molar-refractivity contribution in [3.05, 3.63) is 105 Å². The summed E-state index contributed by atoms with van der Waals surface area (Å²) in [4.78, 5) is 18.2. The number of aromatic nitrogens is 1. The largest absolute Gasteiger partial charge is 0.492 e. The molecule has 1 amide bonds. The van der Waals surface area contributed by atoms with E-state index in [1.165, 1.54) is 11.8 Å². The number of ether oxygens (including phenoxy) is 3. The van der Waals surface area contributed by atoms with E-state index in [0.29, 0.717) is 71.8 Å². The molecule has 55 heavy (non-hydrogen) atoms. The Morgan fingerprint density at radius 3 is 2.64 bits per heavy atom. The van der Waals surface area contributed by atoms with Crippen LogP contribution in [0.3, 0.4) is 0 Å². The van der Waals surface area contributed by atoms with Crippen molar-refractivity contribution in [1.82, 2.24) is 20.5 Å². The number of piperidine rings is 1. The molecule has 7 rings (SSSR count). The van der Waals surface area contributed by atoms with Gasteiger partial charge in [0.25, 0.3) is 0 Å². The highest BCUT2D eigenvalue weighted by atomic mass is 35.5. The molecule has 2 saturated heterocycles. The molecule has 0 spiro atoms. The van der Waals surface area contributed by atoms with Gasteiger partial charge in [0, 0.05) is 80.3 Å². The highest BCUT2D eigenvalue weighted by molar-refractivity contribution is 6.35. The lowest BCUT2D eigenvalue weighted by Crippen LogP contribution is -2.40. The Labute approximate surface area is 332 Å². The van der Waals surface area contributed by atoms with Gasteiger partial charge in [-0.05, 0) is 80.3 Å². The monoisotopic (exact) mass is 785 g/mol. The van der Waals surface area contributed by atoms with Crippen LogP contribution in [0, 0.1) is 11.3 Å². The molecule has 0 radical (unpaired) electrons. The predicted molar refractivity (Wildman–Crippen MR) is 211 cm³/mol. The van der Waals surface area contributed by atoms with Crippen molar-refractivity contribution in [2.45, 2.75) is 82.8 Å². The van der Waals surface area contributed by atoms with Gasteiger partial charge in [0.05, 0.1) is 22.2 Å². The van der Waals surface area contributed by atoms with Gasteiger partial charge in [-0.2, -0.15) is 5.26 Å². The zero-order valence-electron chi connectivity index (χ0n) is 31.0. The number of benzene rings is 3. The number of carbonyl (C=O) groups is 1. The molecule has 4 aromatic rings.